The van der Waals surface area contributed by atoms with Gasteiger partial charge in [0.25, 0.3) is 5.91 Å². The van der Waals surface area contributed by atoms with E-state index in [1.165, 1.54) is 37.9 Å². The molecule has 1 N–H and O–H groups in total. The Hall–Kier alpha value is -2.11. The van der Waals surface area contributed by atoms with E-state index >= 15 is 0 Å². The summed E-state index contributed by atoms with van der Waals surface area (Å²) in [6.45, 7) is 6.23. The Morgan fingerprint density at radius 2 is 1.86 bits per heavy atom. The molecule has 0 unspecified atom stereocenters. The monoisotopic (exact) mass is 381 g/mol. The standard InChI is InChI=1S/C23H31N3O2/c27-23(24-21-10-11-21)20-8-6-19(7-9-20)17-26(18-22-5-4-16-28-22)15-14-25-12-2-1-3-13-25/h4-9,16,21H,1-3,10-15,17-18H2,(H,24,27). The molecule has 150 valence electrons. The molecule has 1 saturated heterocycles. The van der Waals surface area contributed by atoms with E-state index < -0.39 is 0 Å². The van der Waals surface area contributed by atoms with Gasteiger partial charge in [-0.1, -0.05) is 18.6 Å². The van der Waals surface area contributed by atoms with Crippen molar-refractivity contribution in [3.63, 3.8) is 0 Å². The minimum absolute atomic E-state index is 0.0478. The highest BCUT2D eigenvalue weighted by atomic mass is 16.3. The van der Waals surface area contributed by atoms with E-state index in [4.69, 9.17) is 4.42 Å². The lowest BCUT2D eigenvalue weighted by Gasteiger charge is -2.29. The van der Waals surface area contributed by atoms with Crippen LogP contribution in [-0.4, -0.2) is 47.9 Å². The Kier molecular flexibility index (Phi) is 6.45. The molecule has 1 amide bonds. The van der Waals surface area contributed by atoms with Crippen LogP contribution in [0.15, 0.2) is 47.1 Å². The van der Waals surface area contributed by atoms with Gasteiger partial charge in [-0.3, -0.25) is 9.69 Å². The zero-order chi connectivity index (χ0) is 19.2. The molecule has 1 aromatic carbocycles. The molecule has 0 spiro atoms. The quantitative estimate of drug-likeness (QED) is 0.720. The number of nitrogens with one attached hydrogen (secondary N) is 1. The number of amides is 1. The van der Waals surface area contributed by atoms with Gasteiger partial charge in [0.15, 0.2) is 0 Å². The molecule has 28 heavy (non-hydrogen) atoms. The Labute approximate surface area is 167 Å². The van der Waals surface area contributed by atoms with E-state index in [9.17, 15) is 4.79 Å². The molecule has 1 aliphatic carbocycles. The third-order valence-electron chi connectivity index (χ3n) is 5.68. The highest BCUT2D eigenvalue weighted by molar-refractivity contribution is 5.94. The van der Waals surface area contributed by atoms with Gasteiger partial charge in [-0.15, -0.1) is 0 Å². The lowest BCUT2D eigenvalue weighted by atomic mass is 10.1. The Morgan fingerprint density at radius 3 is 2.54 bits per heavy atom. The largest absolute Gasteiger partial charge is 0.468 e. The van der Waals surface area contributed by atoms with E-state index in [0.29, 0.717) is 6.04 Å². The molecular weight excluding hydrogens is 350 g/mol. The van der Waals surface area contributed by atoms with Crippen LogP contribution >= 0.6 is 0 Å². The van der Waals surface area contributed by atoms with Crippen LogP contribution in [0.2, 0.25) is 0 Å². The van der Waals surface area contributed by atoms with E-state index in [1.807, 2.05) is 24.3 Å². The number of nitrogens with zero attached hydrogens (tertiary/aromatic N) is 2. The first-order chi connectivity index (χ1) is 13.8. The minimum atomic E-state index is 0.0478. The van der Waals surface area contributed by atoms with Crippen LogP contribution in [0, 0.1) is 0 Å². The summed E-state index contributed by atoms with van der Waals surface area (Å²) in [5, 5.41) is 3.05. The molecule has 2 aliphatic rings. The molecule has 2 fully saturated rings. The number of carbonyl (C=O) groups excluding carboxylic acids is 1. The van der Waals surface area contributed by atoms with E-state index in [1.54, 1.807) is 6.26 Å². The normalized spacial score (nSPS) is 17.8. The van der Waals surface area contributed by atoms with Crippen LogP contribution in [0.3, 0.4) is 0 Å². The summed E-state index contributed by atoms with van der Waals surface area (Å²) in [6, 6.07) is 12.4. The number of benzene rings is 1. The Morgan fingerprint density at radius 1 is 1.07 bits per heavy atom. The van der Waals surface area contributed by atoms with Gasteiger partial charge in [0.2, 0.25) is 0 Å². The number of carbonyl (C=O) groups is 1. The zero-order valence-corrected chi connectivity index (χ0v) is 16.6. The second-order valence-electron chi connectivity index (χ2n) is 8.14. The molecule has 0 atom stereocenters. The van der Waals surface area contributed by atoms with Crippen molar-refractivity contribution >= 4 is 5.91 Å². The summed E-state index contributed by atoms with van der Waals surface area (Å²) in [4.78, 5) is 17.2. The number of likely N-dealkylation sites (tertiary alicyclic amines) is 1. The molecule has 5 nitrogen and oxygen atoms in total. The van der Waals surface area contributed by atoms with Gasteiger partial charge in [-0.25, -0.2) is 0 Å². The number of rotatable bonds is 9. The summed E-state index contributed by atoms with van der Waals surface area (Å²) in [7, 11) is 0. The Bertz CT molecular complexity index is 732. The third kappa shape index (κ3) is 5.69. The number of furan rings is 1. The first-order valence-electron chi connectivity index (χ1n) is 10.6. The second kappa shape index (κ2) is 9.39. The maximum absolute atomic E-state index is 12.2. The van der Waals surface area contributed by atoms with Crippen LogP contribution in [-0.2, 0) is 13.1 Å². The maximum atomic E-state index is 12.2. The highest BCUT2D eigenvalue weighted by Crippen LogP contribution is 2.19. The summed E-state index contributed by atoms with van der Waals surface area (Å²) in [5.74, 6) is 1.05. The maximum Gasteiger partial charge on any atom is 0.251 e. The second-order valence-corrected chi connectivity index (χ2v) is 8.14. The predicted molar refractivity (Wildman–Crippen MR) is 110 cm³/mol. The fourth-order valence-electron chi connectivity index (χ4n) is 3.82. The molecule has 1 aliphatic heterocycles. The van der Waals surface area contributed by atoms with Gasteiger partial charge in [0, 0.05) is 31.2 Å². The van der Waals surface area contributed by atoms with Gasteiger partial charge in [0.1, 0.15) is 5.76 Å². The van der Waals surface area contributed by atoms with Crippen molar-refractivity contribution in [3.05, 3.63) is 59.5 Å². The summed E-state index contributed by atoms with van der Waals surface area (Å²) in [6.07, 6.45) is 7.98. The van der Waals surface area contributed by atoms with Gasteiger partial charge in [-0.2, -0.15) is 0 Å². The summed E-state index contributed by atoms with van der Waals surface area (Å²) < 4.78 is 5.58. The SMILES string of the molecule is O=C(NC1CC1)c1ccc(CN(CCN2CCCCC2)Cc2ccco2)cc1. The lowest BCUT2D eigenvalue weighted by Crippen LogP contribution is -2.37. The van der Waals surface area contributed by atoms with Crippen molar-refractivity contribution in [3.8, 4) is 0 Å². The third-order valence-corrected chi connectivity index (χ3v) is 5.68. The first kappa shape index (κ1) is 19.2. The number of hydrogen-bond donors (Lipinski definition) is 1. The van der Waals surface area contributed by atoms with Gasteiger partial charge < -0.3 is 14.6 Å². The summed E-state index contributed by atoms with van der Waals surface area (Å²) >= 11 is 0. The molecular formula is C23H31N3O2. The van der Waals surface area contributed by atoms with Crippen molar-refractivity contribution < 1.29 is 9.21 Å². The van der Waals surface area contributed by atoms with Gasteiger partial charge >= 0.3 is 0 Å². The van der Waals surface area contributed by atoms with Crippen LogP contribution in [0.25, 0.3) is 0 Å². The van der Waals surface area contributed by atoms with Gasteiger partial charge in [-0.05, 0) is 68.6 Å². The predicted octanol–water partition coefficient (Wildman–Crippen LogP) is 3.66. The van der Waals surface area contributed by atoms with Crippen LogP contribution < -0.4 is 5.32 Å². The topological polar surface area (TPSA) is 48.7 Å². The molecule has 5 heteroatoms. The molecule has 1 saturated carbocycles. The van der Waals surface area contributed by atoms with Gasteiger partial charge in [0.05, 0.1) is 12.8 Å². The smallest absolute Gasteiger partial charge is 0.251 e. The lowest BCUT2D eigenvalue weighted by molar-refractivity contribution is 0.0951. The highest BCUT2D eigenvalue weighted by Gasteiger charge is 2.23. The average Bonchev–Trinajstić information content (AvgIpc) is 3.39. The van der Waals surface area contributed by atoms with Crippen molar-refractivity contribution in [2.24, 2.45) is 0 Å². The first-order valence-corrected chi connectivity index (χ1v) is 10.6. The Balaban J connectivity index is 1.35. The molecule has 2 heterocycles. The van der Waals surface area contributed by atoms with E-state index in [-0.39, 0.29) is 5.91 Å². The fourth-order valence-corrected chi connectivity index (χ4v) is 3.82. The van der Waals surface area contributed by atoms with Crippen molar-refractivity contribution in [2.45, 2.75) is 51.2 Å². The fraction of sp³-hybridized carbons (Fsp3) is 0.522. The average molecular weight is 382 g/mol. The molecule has 0 bridgehead atoms. The van der Waals surface area contributed by atoms with E-state index in [2.05, 4.69) is 27.2 Å². The van der Waals surface area contributed by atoms with Crippen molar-refractivity contribution in [1.82, 2.24) is 15.1 Å². The molecule has 1 aromatic heterocycles. The van der Waals surface area contributed by atoms with Crippen molar-refractivity contribution in [2.75, 3.05) is 26.2 Å². The molecule has 2 aromatic rings. The van der Waals surface area contributed by atoms with Crippen LogP contribution in [0.5, 0.6) is 0 Å². The molecule has 0 radical (unpaired) electrons. The summed E-state index contributed by atoms with van der Waals surface area (Å²) in [5.41, 5.74) is 1.98. The number of hydrogen-bond acceptors (Lipinski definition) is 4. The number of piperidine rings is 1. The van der Waals surface area contributed by atoms with Crippen LogP contribution in [0.4, 0.5) is 0 Å². The molecule has 4 rings (SSSR count). The minimum Gasteiger partial charge on any atom is -0.468 e. The van der Waals surface area contributed by atoms with E-state index in [0.717, 1.165) is 50.3 Å². The van der Waals surface area contributed by atoms with Crippen molar-refractivity contribution in [1.29, 1.82) is 0 Å². The van der Waals surface area contributed by atoms with Crippen LogP contribution in [0.1, 0.15) is 53.8 Å². The zero-order valence-electron chi connectivity index (χ0n) is 16.6.